The smallest absolute Gasteiger partial charge is 0.271 e. The van der Waals surface area contributed by atoms with Gasteiger partial charge in [-0.15, -0.1) is 0 Å². The van der Waals surface area contributed by atoms with E-state index in [1.165, 1.54) is 25.1 Å². The standard InChI is InChI=1S/C18H17FN2O3/c1-4-10(2)21-17(23)13(9-20)11(3)15(18(21)24)16(22)12-7-5-6-8-14(12)19/h5-8,10,24H,4H2,1-3H3. The summed E-state index contributed by atoms with van der Waals surface area (Å²) in [6.45, 7) is 4.89. The van der Waals surface area contributed by atoms with E-state index >= 15 is 0 Å². The summed E-state index contributed by atoms with van der Waals surface area (Å²) >= 11 is 0. The third-order valence-electron chi connectivity index (χ3n) is 4.12. The Morgan fingerprint density at radius 3 is 2.58 bits per heavy atom. The van der Waals surface area contributed by atoms with Gasteiger partial charge >= 0.3 is 0 Å². The van der Waals surface area contributed by atoms with Crippen LogP contribution in [0.25, 0.3) is 0 Å². The summed E-state index contributed by atoms with van der Waals surface area (Å²) < 4.78 is 15.0. The summed E-state index contributed by atoms with van der Waals surface area (Å²) in [5.74, 6) is -2.04. The van der Waals surface area contributed by atoms with E-state index in [0.29, 0.717) is 6.42 Å². The van der Waals surface area contributed by atoms with E-state index in [-0.39, 0.29) is 22.3 Å². The Bertz CT molecular complexity index is 910. The van der Waals surface area contributed by atoms with Crippen LogP contribution in [0.3, 0.4) is 0 Å². The van der Waals surface area contributed by atoms with Gasteiger partial charge in [-0.1, -0.05) is 19.1 Å². The zero-order valence-electron chi connectivity index (χ0n) is 13.6. The monoisotopic (exact) mass is 328 g/mol. The van der Waals surface area contributed by atoms with E-state index in [0.717, 1.165) is 10.6 Å². The van der Waals surface area contributed by atoms with Gasteiger partial charge in [0.25, 0.3) is 5.56 Å². The molecule has 1 heterocycles. The zero-order valence-corrected chi connectivity index (χ0v) is 13.6. The van der Waals surface area contributed by atoms with E-state index < -0.39 is 29.1 Å². The molecule has 1 atom stereocenters. The summed E-state index contributed by atoms with van der Waals surface area (Å²) in [5, 5.41) is 19.8. The van der Waals surface area contributed by atoms with Crippen molar-refractivity contribution in [2.45, 2.75) is 33.2 Å². The normalized spacial score (nSPS) is 11.8. The molecule has 0 aliphatic rings. The number of nitriles is 1. The van der Waals surface area contributed by atoms with Crippen molar-refractivity contribution in [1.82, 2.24) is 4.57 Å². The lowest BCUT2D eigenvalue weighted by molar-refractivity contribution is 0.103. The maximum absolute atomic E-state index is 13.9. The number of rotatable bonds is 4. The molecular weight excluding hydrogens is 311 g/mol. The number of hydrogen-bond acceptors (Lipinski definition) is 4. The van der Waals surface area contributed by atoms with Crippen LogP contribution in [0, 0.1) is 24.1 Å². The van der Waals surface area contributed by atoms with Crippen molar-refractivity contribution < 1.29 is 14.3 Å². The summed E-state index contributed by atoms with van der Waals surface area (Å²) in [5.41, 5.74) is -1.29. The number of ketones is 1. The first-order chi connectivity index (χ1) is 11.3. The van der Waals surface area contributed by atoms with Gasteiger partial charge in [0, 0.05) is 6.04 Å². The molecule has 0 fully saturated rings. The molecule has 0 saturated carbocycles. The lowest BCUT2D eigenvalue weighted by atomic mass is 9.96. The van der Waals surface area contributed by atoms with Crippen LogP contribution >= 0.6 is 0 Å². The molecule has 2 aromatic rings. The molecule has 0 amide bonds. The van der Waals surface area contributed by atoms with E-state index in [1.807, 2.05) is 0 Å². The lowest BCUT2D eigenvalue weighted by Gasteiger charge is -2.19. The van der Waals surface area contributed by atoms with Crippen LogP contribution < -0.4 is 5.56 Å². The maximum Gasteiger partial charge on any atom is 0.271 e. The van der Waals surface area contributed by atoms with Crippen LogP contribution in [0.15, 0.2) is 29.1 Å². The van der Waals surface area contributed by atoms with Gasteiger partial charge < -0.3 is 5.11 Å². The van der Waals surface area contributed by atoms with Crippen LogP contribution in [0.5, 0.6) is 5.88 Å². The highest BCUT2D eigenvalue weighted by Crippen LogP contribution is 2.28. The average molecular weight is 328 g/mol. The first-order valence-electron chi connectivity index (χ1n) is 7.52. The lowest BCUT2D eigenvalue weighted by Crippen LogP contribution is -2.29. The van der Waals surface area contributed by atoms with Crippen LogP contribution in [0.4, 0.5) is 4.39 Å². The number of benzene rings is 1. The third kappa shape index (κ3) is 2.69. The van der Waals surface area contributed by atoms with Crippen LogP contribution in [-0.2, 0) is 0 Å². The highest BCUT2D eigenvalue weighted by Gasteiger charge is 2.27. The Kier molecular flexibility index (Phi) is 4.84. The Labute approximate surface area is 138 Å². The minimum Gasteiger partial charge on any atom is -0.494 e. The van der Waals surface area contributed by atoms with Crippen LogP contribution in [-0.4, -0.2) is 15.5 Å². The molecule has 0 aliphatic carbocycles. The largest absolute Gasteiger partial charge is 0.494 e. The second-order valence-corrected chi connectivity index (χ2v) is 5.55. The number of carbonyl (C=O) groups is 1. The highest BCUT2D eigenvalue weighted by atomic mass is 19.1. The molecule has 0 saturated heterocycles. The molecule has 1 unspecified atom stereocenters. The minimum absolute atomic E-state index is 0.0489. The highest BCUT2D eigenvalue weighted by molar-refractivity contribution is 6.11. The van der Waals surface area contributed by atoms with Gasteiger partial charge in [0.2, 0.25) is 11.7 Å². The van der Waals surface area contributed by atoms with E-state index in [9.17, 15) is 24.3 Å². The van der Waals surface area contributed by atoms with E-state index in [2.05, 4.69) is 0 Å². The van der Waals surface area contributed by atoms with Gasteiger partial charge in [-0.2, -0.15) is 5.26 Å². The summed E-state index contributed by atoms with van der Waals surface area (Å²) in [6, 6.07) is 6.73. The fourth-order valence-corrected chi connectivity index (χ4v) is 2.57. The van der Waals surface area contributed by atoms with Gasteiger partial charge in [-0.3, -0.25) is 14.2 Å². The number of hydrogen-bond donors (Lipinski definition) is 1. The molecule has 0 bridgehead atoms. The van der Waals surface area contributed by atoms with Gasteiger partial charge in [0.1, 0.15) is 17.4 Å². The van der Waals surface area contributed by atoms with Crippen LogP contribution in [0.2, 0.25) is 0 Å². The number of aromatic hydroxyl groups is 1. The molecular formula is C18H17FN2O3. The Hall–Kier alpha value is -2.94. The van der Waals surface area contributed by atoms with Crippen molar-refractivity contribution in [3.05, 3.63) is 62.7 Å². The topological polar surface area (TPSA) is 83.1 Å². The predicted octanol–water partition coefficient (Wildman–Crippen LogP) is 3.08. The molecule has 1 aromatic heterocycles. The van der Waals surface area contributed by atoms with Crippen molar-refractivity contribution in [2.75, 3.05) is 0 Å². The summed E-state index contributed by atoms with van der Waals surface area (Å²) in [7, 11) is 0. The molecule has 2 rings (SSSR count). The van der Waals surface area contributed by atoms with E-state index in [1.54, 1.807) is 19.9 Å². The SMILES string of the molecule is CCC(C)n1c(O)c(C(=O)c2ccccc2F)c(C)c(C#N)c1=O. The Morgan fingerprint density at radius 1 is 1.42 bits per heavy atom. The minimum atomic E-state index is -0.767. The van der Waals surface area contributed by atoms with Crippen molar-refractivity contribution in [2.24, 2.45) is 0 Å². The molecule has 0 aliphatic heterocycles. The summed E-state index contributed by atoms with van der Waals surface area (Å²) in [4.78, 5) is 25.1. The Balaban J connectivity index is 2.85. The first-order valence-corrected chi connectivity index (χ1v) is 7.52. The Morgan fingerprint density at radius 2 is 2.04 bits per heavy atom. The van der Waals surface area contributed by atoms with Crippen molar-refractivity contribution in [1.29, 1.82) is 5.26 Å². The van der Waals surface area contributed by atoms with E-state index in [4.69, 9.17) is 0 Å². The summed E-state index contributed by atoms with van der Waals surface area (Å²) in [6.07, 6.45) is 0.509. The molecule has 1 aromatic carbocycles. The van der Waals surface area contributed by atoms with Gasteiger partial charge in [-0.05, 0) is 38.0 Å². The van der Waals surface area contributed by atoms with Crippen LogP contribution in [0.1, 0.15) is 53.4 Å². The van der Waals surface area contributed by atoms with Gasteiger partial charge in [-0.25, -0.2) is 4.39 Å². The molecule has 124 valence electrons. The average Bonchev–Trinajstić information content (AvgIpc) is 2.55. The molecule has 0 spiro atoms. The molecule has 24 heavy (non-hydrogen) atoms. The third-order valence-corrected chi connectivity index (χ3v) is 4.12. The predicted molar refractivity (Wildman–Crippen MR) is 86.7 cm³/mol. The fourth-order valence-electron chi connectivity index (χ4n) is 2.57. The van der Waals surface area contributed by atoms with Crippen molar-refractivity contribution >= 4 is 5.78 Å². The second-order valence-electron chi connectivity index (χ2n) is 5.55. The fraction of sp³-hybridized carbons (Fsp3) is 0.278. The van der Waals surface area contributed by atoms with Gasteiger partial charge in [0.15, 0.2) is 0 Å². The molecule has 5 nitrogen and oxygen atoms in total. The first kappa shape index (κ1) is 17.4. The zero-order chi connectivity index (χ0) is 18.0. The molecule has 0 radical (unpaired) electrons. The molecule has 6 heteroatoms. The number of pyridine rings is 1. The van der Waals surface area contributed by atoms with Gasteiger partial charge in [0.05, 0.1) is 11.1 Å². The maximum atomic E-state index is 13.9. The molecule has 1 N–H and O–H groups in total. The quantitative estimate of drug-likeness (QED) is 0.874. The second kappa shape index (κ2) is 6.67. The van der Waals surface area contributed by atoms with Crippen molar-refractivity contribution in [3.63, 3.8) is 0 Å². The van der Waals surface area contributed by atoms with Crippen molar-refractivity contribution in [3.8, 4) is 11.9 Å². The number of halogens is 1. The number of carbonyl (C=O) groups excluding carboxylic acids is 1. The number of aromatic nitrogens is 1. The number of nitrogens with zero attached hydrogens (tertiary/aromatic N) is 2.